The molecule has 6 nitrogen and oxygen atoms in total. The number of hydrazine groups is 1. The molecule has 2 aromatic rings. The zero-order valence-electron chi connectivity index (χ0n) is 17.1. The third kappa shape index (κ3) is 5.03. The van der Waals surface area contributed by atoms with Gasteiger partial charge in [0.05, 0.1) is 22.2 Å². The van der Waals surface area contributed by atoms with Crippen molar-refractivity contribution in [3.05, 3.63) is 29.4 Å². The van der Waals surface area contributed by atoms with Gasteiger partial charge in [-0.1, -0.05) is 26.2 Å². The van der Waals surface area contributed by atoms with Crippen LogP contribution in [-0.2, 0) is 4.74 Å². The van der Waals surface area contributed by atoms with Gasteiger partial charge < -0.3 is 9.64 Å². The fourth-order valence-electron chi connectivity index (χ4n) is 3.68. The van der Waals surface area contributed by atoms with Crippen LogP contribution in [-0.4, -0.2) is 44.0 Å². The van der Waals surface area contributed by atoms with Gasteiger partial charge in [0.1, 0.15) is 0 Å². The van der Waals surface area contributed by atoms with Gasteiger partial charge in [0, 0.05) is 50.6 Å². The molecule has 0 amide bonds. The number of rotatable bonds is 9. The number of thiazole rings is 1. The van der Waals surface area contributed by atoms with Crippen LogP contribution in [0.25, 0.3) is 10.4 Å². The summed E-state index contributed by atoms with van der Waals surface area (Å²) in [6.45, 7) is 4.04. The summed E-state index contributed by atoms with van der Waals surface area (Å²) in [5.41, 5.74) is 5.74. The monoisotopic (exact) mass is 404 g/mol. The minimum Gasteiger partial charge on any atom is -0.383 e. The number of nitrogens with zero attached hydrogens (tertiary/aromatic N) is 3. The first-order valence-corrected chi connectivity index (χ1v) is 11.0. The van der Waals surface area contributed by atoms with Crippen LogP contribution in [0.5, 0.6) is 0 Å². The summed E-state index contributed by atoms with van der Waals surface area (Å²) in [5, 5.41) is 12.9. The van der Waals surface area contributed by atoms with Gasteiger partial charge in [0.15, 0.2) is 0 Å². The van der Waals surface area contributed by atoms with Gasteiger partial charge in [-0.05, 0) is 31.0 Å². The van der Waals surface area contributed by atoms with E-state index in [-0.39, 0.29) is 0 Å². The Balaban J connectivity index is 1.89. The summed E-state index contributed by atoms with van der Waals surface area (Å²) in [5.74, 6) is 0.592. The zero-order valence-corrected chi connectivity index (χ0v) is 18.0. The number of ether oxygens (including phenoxy) is 1. The standard InChI is InChI=1S/C21H32N4O2S/c1-4-23-25(26)19-14-17(24(2)12-13-27-3)10-11-18(19)20-15-22-21(28-20)16-8-6-5-7-9-16/h10-11,14-16,23,26H,4-9,12-13H2,1-3H3. The Morgan fingerprint density at radius 3 is 2.79 bits per heavy atom. The molecular weight excluding hydrogens is 372 g/mol. The average Bonchev–Trinajstić information content (AvgIpc) is 3.22. The van der Waals surface area contributed by atoms with E-state index < -0.39 is 0 Å². The molecule has 0 radical (unpaired) electrons. The smallest absolute Gasteiger partial charge is 0.0962 e. The summed E-state index contributed by atoms with van der Waals surface area (Å²) < 4.78 is 5.18. The Hall–Kier alpha value is -1.67. The number of likely N-dealkylation sites (N-methyl/N-ethyl adjacent to an activating group) is 1. The number of methoxy groups -OCH3 is 1. The first-order chi connectivity index (χ1) is 13.6. The van der Waals surface area contributed by atoms with Crippen molar-refractivity contribution in [3.63, 3.8) is 0 Å². The van der Waals surface area contributed by atoms with Crippen molar-refractivity contribution in [2.45, 2.75) is 44.9 Å². The SMILES string of the molecule is CCNN(O)c1cc(N(C)CCOC)ccc1-c1cnc(C2CCCCC2)s1. The summed E-state index contributed by atoms with van der Waals surface area (Å²) in [6.07, 6.45) is 8.40. The van der Waals surface area contributed by atoms with E-state index in [1.54, 1.807) is 18.4 Å². The molecule has 0 unspecified atom stereocenters. The second-order valence-electron chi connectivity index (χ2n) is 7.34. The van der Waals surface area contributed by atoms with Crippen LogP contribution in [0.4, 0.5) is 11.4 Å². The van der Waals surface area contributed by atoms with E-state index in [1.807, 2.05) is 26.2 Å². The van der Waals surface area contributed by atoms with Gasteiger partial charge in [-0.2, -0.15) is 5.17 Å². The minimum atomic E-state index is 0.592. The Bertz CT molecular complexity index is 746. The van der Waals surface area contributed by atoms with Crippen LogP contribution in [0.1, 0.15) is 50.0 Å². The van der Waals surface area contributed by atoms with Crippen molar-refractivity contribution in [1.29, 1.82) is 0 Å². The third-order valence-corrected chi connectivity index (χ3v) is 6.53. The van der Waals surface area contributed by atoms with Crippen molar-refractivity contribution in [1.82, 2.24) is 10.4 Å². The summed E-state index contributed by atoms with van der Waals surface area (Å²) in [7, 11) is 3.73. The Morgan fingerprint density at radius 2 is 2.07 bits per heavy atom. The maximum absolute atomic E-state index is 10.6. The number of nitrogens with one attached hydrogen (secondary N) is 1. The molecule has 7 heteroatoms. The van der Waals surface area contributed by atoms with E-state index in [2.05, 4.69) is 22.5 Å². The van der Waals surface area contributed by atoms with Crippen LogP contribution < -0.4 is 15.5 Å². The van der Waals surface area contributed by atoms with Gasteiger partial charge in [0.2, 0.25) is 0 Å². The van der Waals surface area contributed by atoms with Crippen LogP contribution >= 0.6 is 11.3 Å². The van der Waals surface area contributed by atoms with Crippen LogP contribution in [0, 0.1) is 0 Å². The largest absolute Gasteiger partial charge is 0.383 e. The van der Waals surface area contributed by atoms with Crippen LogP contribution in [0.3, 0.4) is 0 Å². The molecule has 1 aromatic heterocycles. The van der Waals surface area contributed by atoms with Gasteiger partial charge in [0.25, 0.3) is 0 Å². The van der Waals surface area contributed by atoms with Crippen molar-refractivity contribution in [2.75, 3.05) is 43.9 Å². The highest BCUT2D eigenvalue weighted by Gasteiger charge is 2.21. The number of aromatic nitrogens is 1. The van der Waals surface area contributed by atoms with Gasteiger partial charge in [-0.25, -0.2) is 10.4 Å². The van der Waals surface area contributed by atoms with Crippen LogP contribution in [0.15, 0.2) is 24.4 Å². The fourth-order valence-corrected chi connectivity index (χ4v) is 4.80. The van der Waals surface area contributed by atoms with E-state index in [1.165, 1.54) is 37.1 Å². The van der Waals surface area contributed by atoms with Gasteiger partial charge >= 0.3 is 0 Å². The Morgan fingerprint density at radius 1 is 1.29 bits per heavy atom. The molecule has 1 heterocycles. The molecule has 0 spiro atoms. The van der Waals surface area contributed by atoms with Gasteiger partial charge in [-0.3, -0.25) is 5.21 Å². The molecule has 0 atom stereocenters. The lowest BCUT2D eigenvalue weighted by molar-refractivity contribution is 0.206. The summed E-state index contributed by atoms with van der Waals surface area (Å²) in [6, 6.07) is 6.18. The number of benzene rings is 1. The highest BCUT2D eigenvalue weighted by molar-refractivity contribution is 7.15. The van der Waals surface area contributed by atoms with E-state index >= 15 is 0 Å². The zero-order chi connectivity index (χ0) is 19.9. The predicted molar refractivity (Wildman–Crippen MR) is 116 cm³/mol. The highest BCUT2D eigenvalue weighted by atomic mass is 32.1. The second kappa shape index (κ2) is 10.2. The molecule has 0 aliphatic heterocycles. The van der Waals surface area contributed by atoms with E-state index in [4.69, 9.17) is 9.72 Å². The lowest BCUT2D eigenvalue weighted by atomic mass is 9.90. The van der Waals surface area contributed by atoms with Crippen LogP contribution in [0.2, 0.25) is 0 Å². The maximum atomic E-state index is 10.6. The molecule has 1 aliphatic rings. The molecule has 1 aromatic carbocycles. The molecule has 154 valence electrons. The topological polar surface area (TPSA) is 60.9 Å². The van der Waals surface area contributed by atoms with E-state index in [0.29, 0.717) is 19.1 Å². The molecule has 3 rings (SSSR count). The summed E-state index contributed by atoms with van der Waals surface area (Å²) >= 11 is 1.76. The number of anilines is 2. The molecule has 1 saturated carbocycles. The van der Waals surface area contributed by atoms with Crippen molar-refractivity contribution < 1.29 is 9.94 Å². The second-order valence-corrected chi connectivity index (χ2v) is 8.40. The maximum Gasteiger partial charge on any atom is 0.0962 e. The predicted octanol–water partition coefficient (Wildman–Crippen LogP) is 4.66. The molecule has 1 aliphatic carbocycles. The number of hydrogen-bond acceptors (Lipinski definition) is 7. The fraction of sp³-hybridized carbons (Fsp3) is 0.571. The summed E-state index contributed by atoms with van der Waals surface area (Å²) in [4.78, 5) is 7.95. The molecule has 0 saturated heterocycles. The highest BCUT2D eigenvalue weighted by Crippen LogP contribution is 2.40. The molecular formula is C21H32N4O2S. The minimum absolute atomic E-state index is 0.592. The quantitative estimate of drug-likeness (QED) is 0.593. The average molecular weight is 405 g/mol. The van der Waals surface area contributed by atoms with E-state index in [9.17, 15) is 5.21 Å². The molecule has 0 bridgehead atoms. The molecule has 28 heavy (non-hydrogen) atoms. The Kier molecular flexibility index (Phi) is 7.67. The van der Waals surface area contributed by atoms with Crippen molar-refractivity contribution >= 4 is 22.7 Å². The number of hydrogen-bond donors (Lipinski definition) is 2. The van der Waals surface area contributed by atoms with Crippen molar-refractivity contribution in [3.8, 4) is 10.4 Å². The first-order valence-electron chi connectivity index (χ1n) is 10.2. The third-order valence-electron chi connectivity index (χ3n) is 5.33. The first kappa shape index (κ1) is 21.0. The lowest BCUT2D eigenvalue weighted by Gasteiger charge is -2.24. The lowest BCUT2D eigenvalue weighted by Crippen LogP contribution is -2.35. The Labute approximate surface area is 172 Å². The molecule has 2 N–H and O–H groups in total. The normalized spacial score (nSPS) is 15.0. The van der Waals surface area contributed by atoms with Crippen molar-refractivity contribution in [2.24, 2.45) is 0 Å². The van der Waals surface area contributed by atoms with E-state index in [0.717, 1.165) is 33.5 Å². The van der Waals surface area contributed by atoms with Gasteiger partial charge in [-0.15, -0.1) is 11.3 Å². The molecule has 1 fully saturated rings.